The molecule has 82 valence electrons. The number of rotatable bonds is 2. The highest BCUT2D eigenvalue weighted by molar-refractivity contribution is 7.89. The van der Waals surface area contributed by atoms with Crippen LogP contribution in [0.3, 0.4) is 0 Å². The molecule has 0 atom stereocenters. The first-order valence-corrected chi connectivity index (χ1v) is 7.31. The van der Waals surface area contributed by atoms with E-state index in [0.29, 0.717) is 0 Å². The molecule has 5 heteroatoms. The summed E-state index contributed by atoms with van der Waals surface area (Å²) in [6.45, 7) is 0. The minimum absolute atomic E-state index is 0.278. The van der Waals surface area contributed by atoms with Gasteiger partial charge in [-0.15, -0.1) is 11.3 Å². The third kappa shape index (κ3) is 2.30. The number of allylic oxidation sites excluding steroid dienone is 2. The maximum Gasteiger partial charge on any atom is 0.239 e. The number of primary sulfonamides is 1. The minimum Gasteiger partial charge on any atom is -0.225 e. The van der Waals surface area contributed by atoms with E-state index < -0.39 is 10.0 Å². The Morgan fingerprint density at radius 1 is 1.33 bits per heavy atom. The molecular formula is C10H13NO2S2. The summed E-state index contributed by atoms with van der Waals surface area (Å²) >= 11 is 1.46. The number of nitrogens with two attached hydrogens (primary N) is 1. The van der Waals surface area contributed by atoms with Crippen molar-refractivity contribution in [1.29, 1.82) is 0 Å². The first-order chi connectivity index (χ1) is 7.09. The van der Waals surface area contributed by atoms with Gasteiger partial charge in [-0.2, -0.15) is 0 Å². The molecule has 0 spiro atoms. The molecule has 1 aliphatic rings. The Kier molecular flexibility index (Phi) is 2.95. The van der Waals surface area contributed by atoms with Gasteiger partial charge in [0.2, 0.25) is 10.0 Å². The van der Waals surface area contributed by atoms with Crippen LogP contribution in [0.25, 0.3) is 5.57 Å². The predicted molar refractivity (Wildman–Crippen MR) is 62.1 cm³/mol. The lowest BCUT2D eigenvalue weighted by molar-refractivity contribution is 0.598. The molecule has 1 aromatic rings. The number of sulfonamides is 1. The van der Waals surface area contributed by atoms with Crippen molar-refractivity contribution in [2.45, 2.75) is 30.6 Å². The summed E-state index contributed by atoms with van der Waals surface area (Å²) in [4.78, 5) is 1.11. The Balaban J connectivity index is 2.45. The van der Waals surface area contributed by atoms with Crippen molar-refractivity contribution in [3.05, 3.63) is 22.4 Å². The van der Waals surface area contributed by atoms with Crippen LogP contribution in [-0.2, 0) is 10.0 Å². The van der Waals surface area contributed by atoms with E-state index in [0.717, 1.165) is 29.7 Å². The lowest BCUT2D eigenvalue weighted by Crippen LogP contribution is -2.13. The van der Waals surface area contributed by atoms with Gasteiger partial charge in [-0.1, -0.05) is 6.08 Å². The first-order valence-electron chi connectivity index (χ1n) is 4.89. The van der Waals surface area contributed by atoms with E-state index in [1.807, 2.05) is 0 Å². The summed E-state index contributed by atoms with van der Waals surface area (Å²) in [5.41, 5.74) is 1.14. The van der Waals surface area contributed by atoms with E-state index in [-0.39, 0.29) is 4.90 Å². The van der Waals surface area contributed by atoms with Crippen molar-refractivity contribution in [1.82, 2.24) is 0 Å². The zero-order valence-corrected chi connectivity index (χ0v) is 9.90. The molecule has 2 rings (SSSR count). The second-order valence-corrected chi connectivity index (χ2v) is 6.08. The summed E-state index contributed by atoms with van der Waals surface area (Å²) in [6, 6.07) is 1.59. The molecule has 0 bridgehead atoms. The van der Waals surface area contributed by atoms with E-state index in [9.17, 15) is 8.42 Å². The molecule has 0 aliphatic heterocycles. The van der Waals surface area contributed by atoms with Crippen molar-refractivity contribution < 1.29 is 8.42 Å². The largest absolute Gasteiger partial charge is 0.239 e. The van der Waals surface area contributed by atoms with Gasteiger partial charge in [-0.05, 0) is 42.7 Å². The zero-order valence-electron chi connectivity index (χ0n) is 8.27. The van der Waals surface area contributed by atoms with E-state index in [1.165, 1.54) is 17.8 Å². The van der Waals surface area contributed by atoms with Gasteiger partial charge in [0.15, 0.2) is 0 Å². The van der Waals surface area contributed by atoms with E-state index >= 15 is 0 Å². The lowest BCUT2D eigenvalue weighted by atomic mass is 9.99. The van der Waals surface area contributed by atoms with E-state index in [2.05, 4.69) is 6.08 Å². The van der Waals surface area contributed by atoms with Crippen LogP contribution in [0, 0.1) is 0 Å². The fourth-order valence-corrected chi connectivity index (χ4v) is 3.89. The molecule has 1 aliphatic carbocycles. The highest BCUT2D eigenvalue weighted by atomic mass is 32.2. The van der Waals surface area contributed by atoms with Gasteiger partial charge < -0.3 is 0 Å². The van der Waals surface area contributed by atoms with Crippen molar-refractivity contribution in [2.75, 3.05) is 0 Å². The topological polar surface area (TPSA) is 60.2 Å². The fraction of sp³-hybridized carbons (Fsp3) is 0.400. The van der Waals surface area contributed by atoms with Crippen LogP contribution < -0.4 is 5.14 Å². The van der Waals surface area contributed by atoms with Crippen LogP contribution in [0.15, 0.2) is 22.4 Å². The van der Waals surface area contributed by atoms with Gasteiger partial charge in [0, 0.05) is 4.88 Å². The van der Waals surface area contributed by atoms with Gasteiger partial charge >= 0.3 is 0 Å². The molecule has 15 heavy (non-hydrogen) atoms. The number of thiophene rings is 1. The van der Waals surface area contributed by atoms with Gasteiger partial charge in [0.1, 0.15) is 0 Å². The van der Waals surface area contributed by atoms with Crippen LogP contribution in [0.2, 0.25) is 0 Å². The standard InChI is InChI=1S/C10H13NO2S2/c11-15(12,13)9-6-7-14-10(9)8-4-2-1-3-5-8/h4,6-7H,1-3,5H2,(H2,11,12,13). The Hall–Kier alpha value is -0.650. The molecule has 1 aromatic heterocycles. The average Bonchev–Trinajstić information content (AvgIpc) is 2.67. The second-order valence-electron chi connectivity index (χ2n) is 3.63. The molecule has 0 fully saturated rings. The van der Waals surface area contributed by atoms with Crippen molar-refractivity contribution in [2.24, 2.45) is 5.14 Å². The van der Waals surface area contributed by atoms with E-state index in [4.69, 9.17) is 5.14 Å². The molecule has 3 nitrogen and oxygen atoms in total. The molecule has 0 radical (unpaired) electrons. The second kappa shape index (κ2) is 4.08. The summed E-state index contributed by atoms with van der Waals surface area (Å²) in [5.74, 6) is 0. The van der Waals surface area contributed by atoms with Gasteiger partial charge in [0.05, 0.1) is 4.90 Å². The SMILES string of the molecule is NS(=O)(=O)c1ccsc1C1=CCCCC1. The van der Waals surface area contributed by atoms with Gasteiger partial charge in [-0.3, -0.25) is 0 Å². The Morgan fingerprint density at radius 3 is 2.73 bits per heavy atom. The van der Waals surface area contributed by atoms with Gasteiger partial charge in [0.25, 0.3) is 0 Å². The van der Waals surface area contributed by atoms with Crippen molar-refractivity contribution >= 4 is 26.9 Å². The monoisotopic (exact) mass is 243 g/mol. The Bertz CT molecular complexity index is 485. The molecule has 0 aromatic carbocycles. The maximum atomic E-state index is 11.3. The highest BCUT2D eigenvalue weighted by Crippen LogP contribution is 2.34. The van der Waals surface area contributed by atoms with Crippen LogP contribution in [-0.4, -0.2) is 8.42 Å². The maximum absolute atomic E-state index is 11.3. The van der Waals surface area contributed by atoms with Crippen LogP contribution >= 0.6 is 11.3 Å². The van der Waals surface area contributed by atoms with Gasteiger partial charge in [-0.25, -0.2) is 13.6 Å². The molecular weight excluding hydrogens is 230 g/mol. The first kappa shape index (κ1) is 10.9. The smallest absolute Gasteiger partial charge is 0.225 e. The lowest BCUT2D eigenvalue weighted by Gasteiger charge is -2.12. The van der Waals surface area contributed by atoms with Crippen molar-refractivity contribution in [3.63, 3.8) is 0 Å². The van der Waals surface area contributed by atoms with Crippen molar-refractivity contribution in [3.8, 4) is 0 Å². The minimum atomic E-state index is -3.57. The quantitative estimate of drug-likeness (QED) is 0.866. The molecule has 0 unspecified atom stereocenters. The Morgan fingerprint density at radius 2 is 2.13 bits per heavy atom. The molecule has 0 saturated carbocycles. The molecule has 0 amide bonds. The number of hydrogen-bond acceptors (Lipinski definition) is 3. The fourth-order valence-electron chi connectivity index (χ4n) is 1.80. The molecule has 2 N–H and O–H groups in total. The molecule has 1 heterocycles. The average molecular weight is 243 g/mol. The van der Waals surface area contributed by atoms with Crippen LogP contribution in [0.4, 0.5) is 0 Å². The third-order valence-electron chi connectivity index (χ3n) is 2.52. The predicted octanol–water partition coefficient (Wildman–Crippen LogP) is 2.35. The summed E-state index contributed by atoms with van der Waals surface area (Å²) in [7, 11) is -3.57. The molecule has 0 saturated heterocycles. The third-order valence-corrected chi connectivity index (χ3v) is 4.59. The Labute approximate surface area is 93.7 Å². The normalized spacial score (nSPS) is 17.5. The summed E-state index contributed by atoms with van der Waals surface area (Å²) in [5, 5.41) is 6.94. The zero-order chi connectivity index (χ0) is 10.9. The number of hydrogen-bond donors (Lipinski definition) is 1. The summed E-state index contributed by atoms with van der Waals surface area (Å²) in [6.07, 6.45) is 6.46. The highest BCUT2D eigenvalue weighted by Gasteiger charge is 2.18. The summed E-state index contributed by atoms with van der Waals surface area (Å²) < 4.78 is 22.6. The van der Waals surface area contributed by atoms with E-state index in [1.54, 1.807) is 11.4 Å². The van der Waals surface area contributed by atoms with Crippen LogP contribution in [0.1, 0.15) is 30.6 Å². The van der Waals surface area contributed by atoms with Crippen LogP contribution in [0.5, 0.6) is 0 Å².